The molecule has 90 valence electrons. The summed E-state index contributed by atoms with van der Waals surface area (Å²) in [5.41, 5.74) is 6.12. The zero-order valence-electron chi connectivity index (χ0n) is 8.83. The highest BCUT2D eigenvalue weighted by atomic mass is 79.9. The monoisotopic (exact) mass is 316 g/mol. The van der Waals surface area contributed by atoms with Crippen LogP contribution < -0.4 is 5.73 Å². The minimum Gasteiger partial charge on any atom is -0.366 e. The highest BCUT2D eigenvalue weighted by Crippen LogP contribution is 2.17. The number of benzene rings is 1. The van der Waals surface area contributed by atoms with Crippen molar-refractivity contribution in [2.75, 3.05) is 12.0 Å². The summed E-state index contributed by atoms with van der Waals surface area (Å²) in [5.74, 6) is 0.143. The van der Waals surface area contributed by atoms with Gasteiger partial charge < -0.3 is 5.73 Å². The summed E-state index contributed by atoms with van der Waals surface area (Å²) in [6.45, 7) is 0. The van der Waals surface area contributed by atoms with Crippen LogP contribution in [0.25, 0.3) is 5.69 Å². The van der Waals surface area contributed by atoms with Gasteiger partial charge in [-0.3, -0.25) is 0 Å². The number of rotatable bonds is 2. The van der Waals surface area contributed by atoms with Crippen molar-refractivity contribution in [3.8, 4) is 5.69 Å². The standard InChI is InChI=1S/C9H9BrN4O2S/c1-17(15,16)7-4-2-6(3-5-7)14-8(10)12-9(11)13-14/h2-5H,1H3,(H2,11,13). The number of sulfone groups is 1. The van der Waals surface area contributed by atoms with Crippen LogP contribution in [0.2, 0.25) is 0 Å². The normalized spacial score (nSPS) is 11.6. The van der Waals surface area contributed by atoms with Gasteiger partial charge in [-0.1, -0.05) is 0 Å². The zero-order chi connectivity index (χ0) is 12.6. The molecule has 1 aromatic carbocycles. The average Bonchev–Trinajstić information content (AvgIpc) is 2.57. The topological polar surface area (TPSA) is 90.9 Å². The van der Waals surface area contributed by atoms with Crippen LogP contribution in [-0.4, -0.2) is 29.4 Å². The van der Waals surface area contributed by atoms with Gasteiger partial charge in [0.15, 0.2) is 9.84 Å². The first kappa shape index (κ1) is 12.1. The fourth-order valence-electron chi connectivity index (χ4n) is 1.31. The molecule has 0 radical (unpaired) electrons. The second-order valence-corrected chi connectivity index (χ2v) is 6.14. The Morgan fingerprint density at radius 1 is 1.29 bits per heavy atom. The molecule has 17 heavy (non-hydrogen) atoms. The zero-order valence-corrected chi connectivity index (χ0v) is 11.2. The lowest BCUT2D eigenvalue weighted by Gasteiger charge is -2.03. The predicted octanol–water partition coefficient (Wildman–Crippen LogP) is 1.02. The SMILES string of the molecule is CS(=O)(=O)c1ccc(-n2nc(N)nc2Br)cc1. The Morgan fingerprint density at radius 3 is 2.29 bits per heavy atom. The minimum atomic E-state index is -3.19. The summed E-state index contributed by atoms with van der Waals surface area (Å²) < 4.78 is 24.5. The molecule has 0 spiro atoms. The number of hydrogen-bond donors (Lipinski definition) is 1. The molecular weight excluding hydrogens is 308 g/mol. The molecular formula is C9H9BrN4O2S. The Balaban J connectivity index is 2.46. The van der Waals surface area contributed by atoms with Crippen LogP contribution in [0.5, 0.6) is 0 Å². The highest BCUT2D eigenvalue weighted by Gasteiger charge is 2.09. The number of anilines is 1. The van der Waals surface area contributed by atoms with Gasteiger partial charge >= 0.3 is 0 Å². The fourth-order valence-corrected chi connectivity index (χ4v) is 2.40. The molecule has 0 bridgehead atoms. The summed E-state index contributed by atoms with van der Waals surface area (Å²) in [5, 5.41) is 3.96. The van der Waals surface area contributed by atoms with Crippen molar-refractivity contribution >= 4 is 31.7 Å². The molecule has 0 saturated heterocycles. The maximum absolute atomic E-state index is 11.3. The molecule has 8 heteroatoms. The van der Waals surface area contributed by atoms with Crippen LogP contribution in [0.3, 0.4) is 0 Å². The first-order valence-corrected chi connectivity index (χ1v) is 7.25. The average molecular weight is 317 g/mol. The lowest BCUT2D eigenvalue weighted by atomic mass is 10.3. The quantitative estimate of drug-likeness (QED) is 0.893. The van der Waals surface area contributed by atoms with Gasteiger partial charge in [-0.2, -0.15) is 4.98 Å². The highest BCUT2D eigenvalue weighted by molar-refractivity contribution is 9.10. The maximum atomic E-state index is 11.3. The molecule has 0 atom stereocenters. The summed E-state index contributed by atoms with van der Waals surface area (Å²) in [6, 6.07) is 6.29. The number of nitrogen functional groups attached to an aromatic ring is 1. The molecule has 2 N–H and O–H groups in total. The van der Waals surface area contributed by atoms with Crippen molar-refractivity contribution in [2.24, 2.45) is 0 Å². The smallest absolute Gasteiger partial charge is 0.240 e. The van der Waals surface area contributed by atoms with E-state index in [2.05, 4.69) is 26.0 Å². The Morgan fingerprint density at radius 2 is 1.88 bits per heavy atom. The van der Waals surface area contributed by atoms with Crippen LogP contribution in [0.4, 0.5) is 5.95 Å². The predicted molar refractivity (Wildman–Crippen MR) is 66.6 cm³/mol. The second-order valence-electron chi connectivity index (χ2n) is 3.42. The molecule has 6 nitrogen and oxygen atoms in total. The van der Waals surface area contributed by atoms with E-state index in [0.717, 1.165) is 6.26 Å². The van der Waals surface area contributed by atoms with Crippen LogP contribution in [0.15, 0.2) is 33.9 Å². The number of aromatic nitrogens is 3. The summed E-state index contributed by atoms with van der Waals surface area (Å²) >= 11 is 3.20. The van der Waals surface area contributed by atoms with E-state index in [-0.39, 0.29) is 10.8 Å². The lowest BCUT2D eigenvalue weighted by Crippen LogP contribution is -2.00. The maximum Gasteiger partial charge on any atom is 0.240 e. The Hall–Kier alpha value is -1.41. The van der Waals surface area contributed by atoms with E-state index in [0.29, 0.717) is 10.4 Å². The Labute approximate surface area is 107 Å². The van der Waals surface area contributed by atoms with Gasteiger partial charge in [0.2, 0.25) is 10.7 Å². The van der Waals surface area contributed by atoms with E-state index in [1.165, 1.54) is 16.8 Å². The number of nitrogens with zero attached hydrogens (tertiary/aromatic N) is 3. The summed E-state index contributed by atoms with van der Waals surface area (Å²) in [4.78, 5) is 4.14. The van der Waals surface area contributed by atoms with Crippen molar-refractivity contribution in [1.29, 1.82) is 0 Å². The Bertz CT molecular complexity index is 648. The molecule has 0 aliphatic carbocycles. The van der Waals surface area contributed by atoms with Gasteiger partial charge in [0, 0.05) is 6.26 Å². The van der Waals surface area contributed by atoms with Crippen molar-refractivity contribution in [2.45, 2.75) is 4.90 Å². The second kappa shape index (κ2) is 4.11. The largest absolute Gasteiger partial charge is 0.366 e. The van der Waals surface area contributed by atoms with Gasteiger partial charge in [0.1, 0.15) is 0 Å². The number of hydrogen-bond acceptors (Lipinski definition) is 5. The fraction of sp³-hybridized carbons (Fsp3) is 0.111. The van der Waals surface area contributed by atoms with Crippen molar-refractivity contribution < 1.29 is 8.42 Å². The van der Waals surface area contributed by atoms with E-state index < -0.39 is 9.84 Å². The molecule has 2 aromatic rings. The molecule has 1 aromatic heterocycles. The van der Waals surface area contributed by atoms with E-state index >= 15 is 0 Å². The molecule has 1 heterocycles. The van der Waals surface area contributed by atoms with E-state index in [1.54, 1.807) is 12.1 Å². The van der Waals surface area contributed by atoms with Crippen LogP contribution in [0, 0.1) is 0 Å². The van der Waals surface area contributed by atoms with Crippen molar-refractivity contribution in [3.63, 3.8) is 0 Å². The van der Waals surface area contributed by atoms with E-state index in [1.807, 2.05) is 0 Å². The van der Waals surface area contributed by atoms with Crippen LogP contribution in [0.1, 0.15) is 0 Å². The van der Waals surface area contributed by atoms with Gasteiger partial charge in [0.05, 0.1) is 10.6 Å². The minimum absolute atomic E-state index is 0.143. The van der Waals surface area contributed by atoms with E-state index in [4.69, 9.17) is 5.73 Å². The van der Waals surface area contributed by atoms with Crippen molar-refractivity contribution in [3.05, 3.63) is 29.0 Å². The first-order chi connectivity index (χ1) is 7.88. The van der Waals surface area contributed by atoms with Gasteiger partial charge in [-0.25, -0.2) is 13.1 Å². The molecule has 2 rings (SSSR count). The van der Waals surface area contributed by atoms with Gasteiger partial charge in [-0.15, -0.1) is 5.10 Å². The molecule has 0 fully saturated rings. The summed E-state index contributed by atoms with van der Waals surface area (Å²) in [6.07, 6.45) is 1.16. The van der Waals surface area contributed by atoms with E-state index in [9.17, 15) is 8.42 Å². The number of halogens is 1. The third-order valence-electron chi connectivity index (χ3n) is 2.09. The molecule has 0 aliphatic heterocycles. The van der Waals surface area contributed by atoms with Crippen LogP contribution >= 0.6 is 15.9 Å². The molecule has 0 saturated carbocycles. The number of nitrogens with two attached hydrogens (primary N) is 1. The molecule has 0 unspecified atom stereocenters. The third kappa shape index (κ3) is 2.47. The third-order valence-corrected chi connectivity index (χ3v) is 3.74. The van der Waals surface area contributed by atoms with Crippen LogP contribution in [-0.2, 0) is 9.84 Å². The van der Waals surface area contributed by atoms with Gasteiger partial charge in [0.25, 0.3) is 0 Å². The Kier molecular flexibility index (Phi) is 2.92. The van der Waals surface area contributed by atoms with Gasteiger partial charge in [-0.05, 0) is 40.2 Å². The molecule has 0 amide bonds. The first-order valence-electron chi connectivity index (χ1n) is 4.56. The lowest BCUT2D eigenvalue weighted by molar-refractivity contribution is 0.602. The summed E-state index contributed by atoms with van der Waals surface area (Å²) in [7, 11) is -3.19. The molecule has 0 aliphatic rings. The van der Waals surface area contributed by atoms with Crippen molar-refractivity contribution in [1.82, 2.24) is 14.8 Å².